The van der Waals surface area contributed by atoms with Gasteiger partial charge >= 0.3 is 0 Å². The third kappa shape index (κ3) is 4.32. The van der Waals surface area contributed by atoms with Crippen LogP contribution >= 0.6 is 0 Å². The van der Waals surface area contributed by atoms with E-state index in [0.717, 1.165) is 57.9 Å². The molecule has 2 aliphatic rings. The van der Waals surface area contributed by atoms with Crippen molar-refractivity contribution in [1.29, 1.82) is 0 Å². The summed E-state index contributed by atoms with van der Waals surface area (Å²) in [6.07, 6.45) is 3.84. The average Bonchev–Trinajstić information content (AvgIpc) is 2.58. The van der Waals surface area contributed by atoms with E-state index >= 15 is 0 Å². The van der Waals surface area contributed by atoms with Crippen LogP contribution in [-0.2, 0) is 16.1 Å². The van der Waals surface area contributed by atoms with Crippen LogP contribution in [0, 0.1) is 0 Å². The smallest absolute Gasteiger partial charge is 0.236 e. The Morgan fingerprint density at radius 2 is 2.04 bits per heavy atom. The van der Waals surface area contributed by atoms with E-state index in [1.54, 1.807) is 4.90 Å². The lowest BCUT2D eigenvalue weighted by Crippen LogP contribution is -2.57. The molecule has 1 spiro atoms. The number of likely N-dealkylation sites (tertiary alicyclic amines) is 1. The normalized spacial score (nSPS) is 21.8. The second-order valence-corrected chi connectivity index (χ2v) is 7.13. The lowest BCUT2D eigenvalue weighted by atomic mass is 9.89. The molecule has 1 aromatic heterocycles. The number of carbonyl (C=O) groups excluding carboxylic acids is 1. The molecule has 0 unspecified atom stereocenters. The van der Waals surface area contributed by atoms with Crippen LogP contribution in [-0.4, -0.2) is 84.6 Å². The molecule has 3 heterocycles. The molecule has 0 bridgehead atoms. The van der Waals surface area contributed by atoms with Gasteiger partial charge in [0.05, 0.1) is 24.4 Å². The van der Waals surface area contributed by atoms with Crippen molar-refractivity contribution in [2.75, 3.05) is 53.4 Å². The molecule has 0 saturated carbocycles. The molecule has 1 aromatic rings. The molecule has 0 aliphatic carbocycles. The second-order valence-electron chi connectivity index (χ2n) is 7.13. The monoisotopic (exact) mass is 332 g/mol. The summed E-state index contributed by atoms with van der Waals surface area (Å²) in [5.74, 6) is 0.173. The first-order chi connectivity index (χ1) is 11.6. The molecule has 132 valence electrons. The summed E-state index contributed by atoms with van der Waals surface area (Å²) in [5.41, 5.74) is 1.06. The number of hydrogen-bond acceptors (Lipinski definition) is 5. The van der Waals surface area contributed by atoms with Crippen molar-refractivity contribution >= 4 is 5.91 Å². The van der Waals surface area contributed by atoms with Gasteiger partial charge in [0.15, 0.2) is 0 Å². The molecule has 0 radical (unpaired) electrons. The van der Waals surface area contributed by atoms with Crippen LogP contribution in [0.3, 0.4) is 0 Å². The fourth-order valence-electron chi connectivity index (χ4n) is 3.53. The highest BCUT2D eigenvalue weighted by molar-refractivity contribution is 5.77. The van der Waals surface area contributed by atoms with E-state index in [1.807, 2.05) is 32.4 Å². The largest absolute Gasteiger partial charge is 0.372 e. The van der Waals surface area contributed by atoms with E-state index in [0.29, 0.717) is 6.54 Å². The minimum absolute atomic E-state index is 0.0509. The Hall–Kier alpha value is -1.50. The third-order valence-corrected chi connectivity index (χ3v) is 5.06. The van der Waals surface area contributed by atoms with Crippen LogP contribution in [0.5, 0.6) is 0 Å². The molecular formula is C18H28N4O2. The zero-order valence-electron chi connectivity index (χ0n) is 14.8. The summed E-state index contributed by atoms with van der Waals surface area (Å²) in [7, 11) is 3.63. The quantitative estimate of drug-likeness (QED) is 0.818. The van der Waals surface area contributed by atoms with Gasteiger partial charge in [-0.3, -0.25) is 19.6 Å². The zero-order valence-corrected chi connectivity index (χ0v) is 14.8. The second kappa shape index (κ2) is 7.59. The van der Waals surface area contributed by atoms with E-state index in [4.69, 9.17) is 4.74 Å². The van der Waals surface area contributed by atoms with Gasteiger partial charge in [-0.1, -0.05) is 6.07 Å². The van der Waals surface area contributed by atoms with Gasteiger partial charge in [0.2, 0.25) is 5.91 Å². The van der Waals surface area contributed by atoms with Crippen molar-refractivity contribution in [1.82, 2.24) is 19.7 Å². The molecule has 24 heavy (non-hydrogen) atoms. The van der Waals surface area contributed by atoms with Crippen LogP contribution in [0.4, 0.5) is 0 Å². The van der Waals surface area contributed by atoms with Gasteiger partial charge < -0.3 is 9.64 Å². The highest BCUT2D eigenvalue weighted by atomic mass is 16.5. The number of nitrogens with zero attached hydrogens (tertiary/aromatic N) is 4. The topological polar surface area (TPSA) is 48.9 Å². The predicted octanol–water partition coefficient (Wildman–Crippen LogP) is 0.837. The maximum atomic E-state index is 11.9. The number of likely N-dealkylation sites (N-methyl/N-ethyl adjacent to an activating group) is 1. The molecule has 0 N–H and O–H groups in total. The van der Waals surface area contributed by atoms with Gasteiger partial charge in [-0.05, 0) is 25.0 Å². The predicted molar refractivity (Wildman–Crippen MR) is 92.6 cm³/mol. The number of piperidine rings is 1. The van der Waals surface area contributed by atoms with Gasteiger partial charge in [-0.25, -0.2) is 0 Å². The lowest BCUT2D eigenvalue weighted by molar-refractivity contribution is -0.143. The minimum Gasteiger partial charge on any atom is -0.372 e. The van der Waals surface area contributed by atoms with Crippen molar-refractivity contribution in [3.05, 3.63) is 30.1 Å². The van der Waals surface area contributed by atoms with Crippen LogP contribution in [0.15, 0.2) is 24.4 Å². The number of amides is 1. The van der Waals surface area contributed by atoms with Crippen molar-refractivity contribution in [3.8, 4) is 0 Å². The number of hydrogen-bond donors (Lipinski definition) is 0. The Morgan fingerprint density at radius 3 is 2.71 bits per heavy atom. The highest BCUT2D eigenvalue weighted by Crippen LogP contribution is 2.30. The van der Waals surface area contributed by atoms with E-state index in [1.165, 1.54) is 0 Å². The SMILES string of the molecule is CN(C)C(=O)CN1CCC2(CC1)CN(Cc1ccccn1)CCO2. The van der Waals surface area contributed by atoms with Crippen molar-refractivity contribution in [2.24, 2.45) is 0 Å². The first kappa shape index (κ1) is 17.3. The summed E-state index contributed by atoms with van der Waals surface area (Å²) in [6.45, 7) is 5.95. The summed E-state index contributed by atoms with van der Waals surface area (Å²) in [5, 5.41) is 0. The standard InChI is InChI=1S/C18H28N4O2/c1-20(2)17(23)14-21-9-6-18(7-10-21)15-22(11-12-24-18)13-16-5-3-4-8-19-16/h3-5,8H,6-7,9-15H2,1-2H3. The molecule has 6 heteroatoms. The number of ether oxygens (including phenoxy) is 1. The van der Waals surface area contributed by atoms with E-state index in [2.05, 4.69) is 20.9 Å². The van der Waals surface area contributed by atoms with Crippen molar-refractivity contribution < 1.29 is 9.53 Å². The number of carbonyl (C=O) groups is 1. The molecule has 0 aromatic carbocycles. The van der Waals surface area contributed by atoms with E-state index in [-0.39, 0.29) is 11.5 Å². The Labute approximate surface area is 144 Å². The van der Waals surface area contributed by atoms with Crippen LogP contribution in [0.25, 0.3) is 0 Å². The first-order valence-electron chi connectivity index (χ1n) is 8.75. The van der Waals surface area contributed by atoms with E-state index in [9.17, 15) is 4.79 Å². The summed E-state index contributed by atoms with van der Waals surface area (Å²) >= 11 is 0. The zero-order chi connectivity index (χ0) is 17.0. The molecule has 2 aliphatic heterocycles. The van der Waals surface area contributed by atoms with Crippen LogP contribution in [0.2, 0.25) is 0 Å². The first-order valence-corrected chi connectivity index (χ1v) is 8.75. The molecule has 1 amide bonds. The maximum Gasteiger partial charge on any atom is 0.236 e. The van der Waals surface area contributed by atoms with Crippen LogP contribution in [0.1, 0.15) is 18.5 Å². The highest BCUT2D eigenvalue weighted by Gasteiger charge is 2.39. The molecule has 2 fully saturated rings. The van der Waals surface area contributed by atoms with Gasteiger partial charge in [-0.15, -0.1) is 0 Å². The third-order valence-electron chi connectivity index (χ3n) is 5.06. The Bertz CT molecular complexity index is 541. The number of morpholine rings is 1. The fraction of sp³-hybridized carbons (Fsp3) is 0.667. The molecule has 3 rings (SSSR count). The van der Waals surface area contributed by atoms with Crippen molar-refractivity contribution in [3.63, 3.8) is 0 Å². The lowest BCUT2D eigenvalue weighted by Gasteiger charge is -2.47. The molecular weight excluding hydrogens is 304 g/mol. The van der Waals surface area contributed by atoms with E-state index < -0.39 is 0 Å². The van der Waals surface area contributed by atoms with Gasteiger partial charge in [-0.2, -0.15) is 0 Å². The van der Waals surface area contributed by atoms with Gasteiger partial charge in [0, 0.05) is 53.0 Å². The number of rotatable bonds is 4. The maximum absolute atomic E-state index is 11.9. The Balaban J connectivity index is 1.52. The summed E-state index contributed by atoms with van der Waals surface area (Å²) < 4.78 is 6.19. The summed E-state index contributed by atoms with van der Waals surface area (Å²) in [4.78, 5) is 22.7. The molecule has 6 nitrogen and oxygen atoms in total. The average molecular weight is 332 g/mol. The fourth-order valence-corrected chi connectivity index (χ4v) is 3.53. The van der Waals surface area contributed by atoms with Gasteiger partial charge in [0.1, 0.15) is 0 Å². The molecule has 0 atom stereocenters. The van der Waals surface area contributed by atoms with Gasteiger partial charge in [0.25, 0.3) is 0 Å². The van der Waals surface area contributed by atoms with Crippen LogP contribution < -0.4 is 0 Å². The molecule has 2 saturated heterocycles. The Morgan fingerprint density at radius 1 is 1.25 bits per heavy atom. The number of pyridine rings is 1. The minimum atomic E-state index is -0.0509. The number of aromatic nitrogens is 1. The summed E-state index contributed by atoms with van der Waals surface area (Å²) in [6, 6.07) is 6.07. The van der Waals surface area contributed by atoms with Crippen molar-refractivity contribution in [2.45, 2.75) is 25.0 Å². The Kier molecular flexibility index (Phi) is 5.48.